The lowest BCUT2D eigenvalue weighted by molar-refractivity contribution is 0.0956. The van der Waals surface area contributed by atoms with Crippen molar-refractivity contribution in [1.29, 1.82) is 0 Å². The summed E-state index contributed by atoms with van der Waals surface area (Å²) >= 11 is 1.35. The molecule has 32 heavy (non-hydrogen) atoms. The molecule has 1 amide bonds. The van der Waals surface area contributed by atoms with Gasteiger partial charge in [0.05, 0.1) is 20.2 Å². The Morgan fingerprint density at radius 2 is 1.72 bits per heavy atom. The standard InChI is InChI=1S/C24H21N3O3S2/c25-22-21-19(16-8-9-16)13-26-14-20(21)31-23(22)24(28)27-12-15-6-10-18(11-7-15)32(29,30)17-4-2-1-3-5-17/h1-7,10-11,13-14,16H,8-9,12,25H2,(H,27,28). The highest BCUT2D eigenvalue weighted by atomic mass is 32.2. The number of benzene rings is 2. The molecule has 6 nitrogen and oxygen atoms in total. The molecule has 2 aromatic carbocycles. The number of rotatable bonds is 6. The van der Waals surface area contributed by atoms with E-state index in [0.29, 0.717) is 16.5 Å². The van der Waals surface area contributed by atoms with Crippen LogP contribution in [0.2, 0.25) is 0 Å². The van der Waals surface area contributed by atoms with E-state index in [9.17, 15) is 13.2 Å². The number of fused-ring (bicyclic) bond motifs is 1. The topological polar surface area (TPSA) is 102 Å². The molecule has 4 aromatic rings. The molecule has 5 rings (SSSR count). The van der Waals surface area contributed by atoms with E-state index < -0.39 is 9.84 Å². The van der Waals surface area contributed by atoms with Crippen LogP contribution in [0.15, 0.2) is 76.8 Å². The normalized spacial score (nSPS) is 13.9. The second-order valence-electron chi connectivity index (χ2n) is 7.86. The first-order valence-corrected chi connectivity index (χ1v) is 12.6. The Morgan fingerprint density at radius 1 is 1.03 bits per heavy atom. The van der Waals surface area contributed by atoms with Crippen LogP contribution < -0.4 is 11.1 Å². The van der Waals surface area contributed by atoms with Crippen molar-refractivity contribution >= 4 is 42.9 Å². The van der Waals surface area contributed by atoms with Crippen LogP contribution in [0.3, 0.4) is 0 Å². The van der Waals surface area contributed by atoms with Crippen molar-refractivity contribution in [3.05, 3.63) is 83.0 Å². The van der Waals surface area contributed by atoms with Crippen molar-refractivity contribution in [3.8, 4) is 0 Å². The molecule has 0 aliphatic heterocycles. The summed E-state index contributed by atoms with van der Waals surface area (Å²) in [6.45, 7) is 0.270. The molecule has 2 heterocycles. The highest BCUT2D eigenvalue weighted by molar-refractivity contribution is 7.91. The molecular formula is C24H21N3O3S2. The summed E-state index contributed by atoms with van der Waals surface area (Å²) in [5.41, 5.74) is 8.79. The van der Waals surface area contributed by atoms with Crippen LogP contribution in [0, 0.1) is 0 Å². The van der Waals surface area contributed by atoms with Crippen molar-refractivity contribution in [2.45, 2.75) is 35.1 Å². The monoisotopic (exact) mass is 463 g/mol. The molecule has 3 N–H and O–H groups in total. The van der Waals surface area contributed by atoms with Gasteiger partial charge < -0.3 is 11.1 Å². The largest absolute Gasteiger partial charge is 0.397 e. The summed E-state index contributed by atoms with van der Waals surface area (Å²) in [4.78, 5) is 18.1. The fourth-order valence-electron chi connectivity index (χ4n) is 3.76. The Hall–Kier alpha value is -3.23. The second kappa shape index (κ2) is 8.03. The third-order valence-electron chi connectivity index (χ3n) is 5.63. The molecule has 1 saturated carbocycles. The Bertz CT molecular complexity index is 1410. The average Bonchev–Trinajstić information content (AvgIpc) is 3.61. The first-order chi connectivity index (χ1) is 15.4. The number of anilines is 1. The molecule has 0 saturated heterocycles. The lowest BCUT2D eigenvalue weighted by Crippen LogP contribution is -2.22. The SMILES string of the molecule is Nc1c(C(=O)NCc2ccc(S(=O)(=O)c3ccccc3)cc2)sc2cncc(C3CC3)c12. The predicted molar refractivity (Wildman–Crippen MR) is 126 cm³/mol. The van der Waals surface area contributed by atoms with Gasteiger partial charge >= 0.3 is 0 Å². The summed E-state index contributed by atoms with van der Waals surface area (Å²) < 4.78 is 26.3. The third-order valence-corrected chi connectivity index (χ3v) is 8.55. The number of nitrogen functional groups attached to an aromatic ring is 1. The molecule has 1 aliphatic rings. The molecule has 1 fully saturated rings. The van der Waals surface area contributed by atoms with E-state index in [1.54, 1.807) is 60.8 Å². The number of pyridine rings is 1. The van der Waals surface area contributed by atoms with Crippen LogP contribution in [0.25, 0.3) is 10.1 Å². The number of nitrogens with zero attached hydrogens (tertiary/aromatic N) is 1. The number of carbonyl (C=O) groups excluding carboxylic acids is 1. The van der Waals surface area contributed by atoms with Crippen LogP contribution in [0.5, 0.6) is 0 Å². The van der Waals surface area contributed by atoms with Crippen molar-refractivity contribution < 1.29 is 13.2 Å². The van der Waals surface area contributed by atoms with E-state index in [-0.39, 0.29) is 22.2 Å². The Kier molecular flexibility index (Phi) is 5.19. The third kappa shape index (κ3) is 3.76. The molecule has 0 atom stereocenters. The van der Waals surface area contributed by atoms with Crippen molar-refractivity contribution in [1.82, 2.24) is 10.3 Å². The van der Waals surface area contributed by atoms with Gasteiger partial charge in [0.15, 0.2) is 0 Å². The molecule has 0 spiro atoms. The van der Waals surface area contributed by atoms with E-state index in [1.165, 1.54) is 11.3 Å². The minimum absolute atomic E-state index is 0.215. The lowest BCUT2D eigenvalue weighted by atomic mass is 10.1. The van der Waals surface area contributed by atoms with E-state index in [0.717, 1.165) is 34.1 Å². The smallest absolute Gasteiger partial charge is 0.263 e. The minimum Gasteiger partial charge on any atom is -0.397 e. The van der Waals surface area contributed by atoms with Gasteiger partial charge in [0, 0.05) is 24.3 Å². The molecule has 162 valence electrons. The van der Waals surface area contributed by atoms with E-state index in [4.69, 9.17) is 5.73 Å². The second-order valence-corrected chi connectivity index (χ2v) is 10.9. The Morgan fingerprint density at radius 3 is 2.41 bits per heavy atom. The number of carbonyl (C=O) groups is 1. The van der Waals surface area contributed by atoms with Gasteiger partial charge in [0.25, 0.3) is 5.91 Å². The number of hydrogen-bond acceptors (Lipinski definition) is 6. The van der Waals surface area contributed by atoms with Gasteiger partial charge in [-0.05, 0) is 54.2 Å². The van der Waals surface area contributed by atoms with E-state index >= 15 is 0 Å². The highest BCUT2D eigenvalue weighted by Crippen LogP contribution is 2.46. The number of thiophene rings is 1. The van der Waals surface area contributed by atoms with Crippen LogP contribution in [0.1, 0.15) is 39.6 Å². The maximum Gasteiger partial charge on any atom is 0.263 e. The fourth-order valence-corrected chi connectivity index (χ4v) is 6.08. The lowest BCUT2D eigenvalue weighted by Gasteiger charge is -2.08. The Labute approximate surface area is 190 Å². The number of sulfone groups is 1. The van der Waals surface area contributed by atoms with E-state index in [1.807, 2.05) is 6.20 Å². The van der Waals surface area contributed by atoms with Gasteiger partial charge in [-0.1, -0.05) is 30.3 Å². The number of amides is 1. The van der Waals surface area contributed by atoms with Gasteiger partial charge in [0.2, 0.25) is 9.84 Å². The van der Waals surface area contributed by atoms with Gasteiger partial charge in [-0.25, -0.2) is 8.42 Å². The maximum absolute atomic E-state index is 12.8. The van der Waals surface area contributed by atoms with Gasteiger partial charge in [-0.15, -0.1) is 11.3 Å². The molecule has 8 heteroatoms. The summed E-state index contributed by atoms with van der Waals surface area (Å²) in [5.74, 6) is 0.246. The summed E-state index contributed by atoms with van der Waals surface area (Å²) in [5, 5.41) is 3.84. The van der Waals surface area contributed by atoms with Gasteiger partial charge in [0.1, 0.15) is 4.88 Å². The van der Waals surface area contributed by atoms with Crippen molar-refractivity contribution in [2.24, 2.45) is 0 Å². The molecule has 0 bridgehead atoms. The zero-order chi connectivity index (χ0) is 22.3. The summed E-state index contributed by atoms with van der Waals surface area (Å²) in [6, 6.07) is 14.8. The van der Waals surface area contributed by atoms with Crippen molar-refractivity contribution in [2.75, 3.05) is 5.73 Å². The van der Waals surface area contributed by atoms with Crippen LogP contribution in [0.4, 0.5) is 5.69 Å². The number of hydrogen-bond donors (Lipinski definition) is 2. The fraction of sp³-hybridized carbons (Fsp3) is 0.167. The molecular weight excluding hydrogens is 442 g/mol. The minimum atomic E-state index is -3.56. The summed E-state index contributed by atoms with van der Waals surface area (Å²) in [6.07, 6.45) is 5.88. The van der Waals surface area contributed by atoms with Crippen LogP contribution in [-0.2, 0) is 16.4 Å². The zero-order valence-corrected chi connectivity index (χ0v) is 18.7. The van der Waals surface area contributed by atoms with E-state index in [2.05, 4.69) is 10.3 Å². The van der Waals surface area contributed by atoms with Crippen LogP contribution in [-0.4, -0.2) is 19.3 Å². The van der Waals surface area contributed by atoms with Gasteiger partial charge in [-0.3, -0.25) is 9.78 Å². The number of nitrogens with two attached hydrogens (primary N) is 1. The average molecular weight is 464 g/mol. The number of aromatic nitrogens is 1. The first-order valence-electron chi connectivity index (χ1n) is 10.3. The predicted octanol–water partition coefficient (Wildman–Crippen LogP) is 4.52. The maximum atomic E-state index is 12.8. The quantitative estimate of drug-likeness (QED) is 0.438. The Balaban J connectivity index is 1.32. The molecule has 0 unspecified atom stereocenters. The van der Waals surface area contributed by atoms with Crippen molar-refractivity contribution in [3.63, 3.8) is 0 Å². The first kappa shape index (κ1) is 20.7. The summed E-state index contributed by atoms with van der Waals surface area (Å²) in [7, 11) is -3.56. The van der Waals surface area contributed by atoms with Gasteiger partial charge in [-0.2, -0.15) is 0 Å². The molecule has 0 radical (unpaired) electrons. The zero-order valence-electron chi connectivity index (χ0n) is 17.1. The number of nitrogens with one attached hydrogen (secondary N) is 1. The highest BCUT2D eigenvalue weighted by Gasteiger charge is 2.28. The molecule has 1 aliphatic carbocycles. The molecule has 2 aromatic heterocycles. The van der Waals surface area contributed by atoms with Crippen LogP contribution >= 0.6 is 11.3 Å².